The van der Waals surface area contributed by atoms with Crippen molar-refractivity contribution in [1.29, 1.82) is 0 Å². The summed E-state index contributed by atoms with van der Waals surface area (Å²) < 4.78 is 0. The zero-order valence-corrected chi connectivity index (χ0v) is 10.9. The molecule has 0 aromatic rings. The highest BCUT2D eigenvalue weighted by Crippen LogP contribution is 2.26. The normalized spacial score (nSPS) is 19.6. The van der Waals surface area contributed by atoms with E-state index >= 15 is 0 Å². The van der Waals surface area contributed by atoms with Crippen LogP contribution >= 0.6 is 0 Å². The summed E-state index contributed by atoms with van der Waals surface area (Å²) >= 11 is 0. The fourth-order valence-electron chi connectivity index (χ4n) is 2.27. The Bertz CT molecular complexity index is 223. The first kappa shape index (κ1) is 14.5. The Hall–Kier alpha value is -0.610. The summed E-state index contributed by atoms with van der Waals surface area (Å²) in [5, 5.41) is 16.2. The molecule has 4 nitrogen and oxygen atoms in total. The summed E-state index contributed by atoms with van der Waals surface area (Å²) in [5.41, 5.74) is -0.670. The highest BCUT2D eigenvalue weighted by atomic mass is 16.3. The van der Waals surface area contributed by atoms with Crippen LogP contribution in [0.3, 0.4) is 0 Å². The molecule has 0 heterocycles. The summed E-state index contributed by atoms with van der Waals surface area (Å²) in [5.74, 6) is -0.0175. The zero-order valence-electron chi connectivity index (χ0n) is 10.9. The van der Waals surface area contributed by atoms with Crippen molar-refractivity contribution in [1.82, 2.24) is 10.6 Å². The Labute approximate surface area is 104 Å². The molecule has 0 saturated heterocycles. The first-order valence-electron chi connectivity index (χ1n) is 6.86. The lowest BCUT2D eigenvalue weighted by atomic mass is 9.94. The second kappa shape index (κ2) is 7.67. The van der Waals surface area contributed by atoms with E-state index in [1.807, 2.05) is 0 Å². The van der Waals surface area contributed by atoms with Crippen LogP contribution in [0.1, 0.15) is 51.9 Å². The minimum Gasteiger partial charge on any atom is -0.388 e. The number of carbonyl (C=O) groups is 1. The predicted molar refractivity (Wildman–Crippen MR) is 68.8 cm³/mol. The third kappa shape index (κ3) is 6.03. The van der Waals surface area contributed by atoms with Crippen LogP contribution in [0.25, 0.3) is 0 Å². The molecule has 0 atom stereocenters. The van der Waals surface area contributed by atoms with Gasteiger partial charge in [0.05, 0.1) is 12.1 Å². The fraction of sp³-hybridized carbons (Fsp3) is 0.923. The molecule has 0 aliphatic heterocycles. The molecule has 0 spiro atoms. The molecular formula is C13H26N2O2. The highest BCUT2D eigenvalue weighted by Gasteiger charge is 2.28. The number of rotatable bonds is 6. The summed E-state index contributed by atoms with van der Waals surface area (Å²) in [6.07, 6.45) is 7.20. The van der Waals surface area contributed by atoms with Crippen LogP contribution in [-0.2, 0) is 4.79 Å². The van der Waals surface area contributed by atoms with Gasteiger partial charge in [0.25, 0.3) is 0 Å². The Morgan fingerprint density at radius 3 is 2.47 bits per heavy atom. The van der Waals surface area contributed by atoms with Gasteiger partial charge in [-0.05, 0) is 25.8 Å². The Kier molecular flexibility index (Phi) is 6.52. The van der Waals surface area contributed by atoms with Gasteiger partial charge < -0.3 is 15.7 Å². The molecule has 0 bridgehead atoms. The molecule has 1 amide bonds. The zero-order chi connectivity index (χ0) is 12.6. The number of hydrogen-bond donors (Lipinski definition) is 3. The quantitative estimate of drug-likeness (QED) is 0.484. The lowest BCUT2D eigenvalue weighted by Crippen LogP contribution is -2.45. The summed E-state index contributed by atoms with van der Waals surface area (Å²) in [4.78, 5) is 11.5. The minimum atomic E-state index is -0.670. The second-order valence-electron chi connectivity index (χ2n) is 5.09. The van der Waals surface area contributed by atoms with Crippen LogP contribution in [-0.4, -0.2) is 36.2 Å². The third-order valence-electron chi connectivity index (χ3n) is 3.36. The first-order chi connectivity index (χ1) is 8.16. The number of amides is 1. The van der Waals surface area contributed by atoms with Gasteiger partial charge >= 0.3 is 0 Å². The van der Waals surface area contributed by atoms with E-state index in [9.17, 15) is 9.90 Å². The lowest BCUT2D eigenvalue weighted by molar-refractivity contribution is -0.121. The molecule has 0 aromatic carbocycles. The van der Waals surface area contributed by atoms with Crippen molar-refractivity contribution in [3.05, 3.63) is 0 Å². The summed E-state index contributed by atoms with van der Waals surface area (Å²) in [7, 11) is 0. The molecular weight excluding hydrogens is 216 g/mol. The van der Waals surface area contributed by atoms with Crippen LogP contribution in [0.2, 0.25) is 0 Å². The summed E-state index contributed by atoms with van der Waals surface area (Å²) in [6, 6.07) is 0. The van der Waals surface area contributed by atoms with Crippen molar-refractivity contribution >= 4 is 5.91 Å². The molecule has 100 valence electrons. The largest absolute Gasteiger partial charge is 0.388 e. The average Bonchev–Trinajstić information content (AvgIpc) is 2.53. The molecule has 17 heavy (non-hydrogen) atoms. The van der Waals surface area contributed by atoms with Crippen molar-refractivity contribution < 1.29 is 9.90 Å². The standard InChI is InChI=1S/C13H26N2O2/c1-2-9-14-10-12(16)15-11-13(17)7-5-3-4-6-8-13/h14,17H,2-11H2,1H3,(H,15,16). The molecule has 1 saturated carbocycles. The Morgan fingerprint density at radius 1 is 1.24 bits per heavy atom. The van der Waals surface area contributed by atoms with Crippen LogP contribution in [0.5, 0.6) is 0 Å². The topological polar surface area (TPSA) is 61.4 Å². The predicted octanol–water partition coefficient (Wildman–Crippen LogP) is 1.19. The van der Waals surface area contributed by atoms with Crippen LogP contribution in [0.15, 0.2) is 0 Å². The molecule has 3 N–H and O–H groups in total. The molecule has 1 fully saturated rings. The van der Waals surface area contributed by atoms with E-state index < -0.39 is 5.60 Å². The first-order valence-corrected chi connectivity index (χ1v) is 6.86. The smallest absolute Gasteiger partial charge is 0.234 e. The molecule has 0 unspecified atom stereocenters. The van der Waals surface area contributed by atoms with Crippen molar-refractivity contribution in [3.63, 3.8) is 0 Å². The molecule has 1 aliphatic carbocycles. The van der Waals surface area contributed by atoms with Crippen molar-refractivity contribution in [2.24, 2.45) is 0 Å². The van der Waals surface area contributed by atoms with Gasteiger partial charge in [-0.15, -0.1) is 0 Å². The number of aliphatic hydroxyl groups is 1. The minimum absolute atomic E-state index is 0.0175. The van der Waals surface area contributed by atoms with Crippen molar-refractivity contribution in [2.45, 2.75) is 57.5 Å². The Balaban J connectivity index is 2.20. The summed E-state index contributed by atoms with van der Waals surface area (Å²) in [6.45, 7) is 3.68. The number of hydrogen-bond acceptors (Lipinski definition) is 3. The van der Waals surface area contributed by atoms with E-state index in [2.05, 4.69) is 17.6 Å². The van der Waals surface area contributed by atoms with Gasteiger partial charge in [0.1, 0.15) is 0 Å². The monoisotopic (exact) mass is 242 g/mol. The van der Waals surface area contributed by atoms with Gasteiger partial charge in [-0.1, -0.05) is 32.6 Å². The van der Waals surface area contributed by atoms with E-state index in [1.54, 1.807) is 0 Å². The Morgan fingerprint density at radius 2 is 1.88 bits per heavy atom. The van der Waals surface area contributed by atoms with Crippen molar-refractivity contribution in [3.8, 4) is 0 Å². The number of nitrogens with one attached hydrogen (secondary N) is 2. The second-order valence-corrected chi connectivity index (χ2v) is 5.09. The van der Waals surface area contributed by atoms with E-state index in [0.717, 1.165) is 38.6 Å². The maximum atomic E-state index is 11.5. The highest BCUT2D eigenvalue weighted by molar-refractivity contribution is 5.78. The van der Waals surface area contributed by atoms with Crippen molar-refractivity contribution in [2.75, 3.05) is 19.6 Å². The maximum Gasteiger partial charge on any atom is 0.234 e. The van der Waals surface area contributed by atoms with Gasteiger partial charge in [-0.3, -0.25) is 4.79 Å². The fourth-order valence-corrected chi connectivity index (χ4v) is 2.27. The van der Waals surface area contributed by atoms with E-state index in [1.165, 1.54) is 12.8 Å². The van der Waals surface area contributed by atoms with Gasteiger partial charge in [-0.2, -0.15) is 0 Å². The van der Waals surface area contributed by atoms with E-state index in [4.69, 9.17) is 0 Å². The maximum absolute atomic E-state index is 11.5. The van der Waals surface area contributed by atoms with E-state index in [-0.39, 0.29) is 5.91 Å². The van der Waals surface area contributed by atoms with E-state index in [0.29, 0.717) is 13.1 Å². The molecule has 1 rings (SSSR count). The molecule has 0 radical (unpaired) electrons. The average molecular weight is 242 g/mol. The van der Waals surface area contributed by atoms with Crippen LogP contribution < -0.4 is 10.6 Å². The molecule has 1 aliphatic rings. The molecule has 4 heteroatoms. The lowest BCUT2D eigenvalue weighted by Gasteiger charge is -2.26. The third-order valence-corrected chi connectivity index (χ3v) is 3.36. The van der Waals surface area contributed by atoms with Gasteiger partial charge in [0, 0.05) is 6.54 Å². The van der Waals surface area contributed by atoms with Crippen LogP contribution in [0.4, 0.5) is 0 Å². The SMILES string of the molecule is CCCNCC(=O)NCC1(O)CCCCCC1. The van der Waals surface area contributed by atoms with Gasteiger partial charge in [-0.25, -0.2) is 0 Å². The van der Waals surface area contributed by atoms with Gasteiger partial charge in [0.2, 0.25) is 5.91 Å². The number of carbonyl (C=O) groups excluding carboxylic acids is 1. The molecule has 0 aromatic heterocycles. The van der Waals surface area contributed by atoms with Crippen LogP contribution in [0, 0.1) is 0 Å². The van der Waals surface area contributed by atoms with Gasteiger partial charge in [0.15, 0.2) is 0 Å².